The third-order valence-corrected chi connectivity index (χ3v) is 5.08. The van der Waals surface area contributed by atoms with Crippen LogP contribution in [-0.2, 0) is 16.6 Å². The molecule has 16 heavy (non-hydrogen) atoms. The van der Waals surface area contributed by atoms with Gasteiger partial charge in [-0.1, -0.05) is 11.6 Å². The summed E-state index contributed by atoms with van der Waals surface area (Å²) >= 11 is 7.13. The fraction of sp³-hybridized carbons (Fsp3) is 0.667. The Bertz CT molecular complexity index is 353. The van der Waals surface area contributed by atoms with E-state index >= 15 is 0 Å². The Morgan fingerprint density at radius 2 is 2.50 bits per heavy atom. The second kappa shape index (κ2) is 6.91. The monoisotopic (exact) mass is 300 g/mol. The molecule has 7 heteroatoms. The number of hydrogen-bond donors (Lipinski definition) is 1. The van der Waals surface area contributed by atoms with Gasteiger partial charge >= 0.3 is 0 Å². The lowest BCUT2D eigenvalue weighted by Gasteiger charge is -2.08. The SMILES string of the molecule is Cl.O=S(Cc1cnc(Cl)s1)CC1CCCN1. The summed E-state index contributed by atoms with van der Waals surface area (Å²) in [6.07, 6.45) is 4.07. The van der Waals surface area contributed by atoms with Crippen molar-refractivity contribution in [2.45, 2.75) is 24.6 Å². The van der Waals surface area contributed by atoms with Gasteiger partial charge in [0.1, 0.15) is 0 Å². The van der Waals surface area contributed by atoms with E-state index in [1.54, 1.807) is 6.20 Å². The number of rotatable bonds is 4. The zero-order chi connectivity index (χ0) is 10.7. The van der Waals surface area contributed by atoms with Crippen LogP contribution in [0, 0.1) is 0 Å². The van der Waals surface area contributed by atoms with Crippen LogP contribution in [-0.4, -0.2) is 27.5 Å². The number of halogens is 2. The van der Waals surface area contributed by atoms with Gasteiger partial charge in [-0.3, -0.25) is 4.21 Å². The minimum atomic E-state index is -0.798. The van der Waals surface area contributed by atoms with Crippen molar-refractivity contribution in [2.24, 2.45) is 0 Å². The number of nitrogens with zero attached hydrogens (tertiary/aromatic N) is 1. The minimum absolute atomic E-state index is 0. The second-order valence-corrected chi connectivity index (χ2v) is 6.82. The molecule has 1 N–H and O–H groups in total. The van der Waals surface area contributed by atoms with E-state index < -0.39 is 10.8 Å². The first-order valence-electron chi connectivity index (χ1n) is 4.92. The maximum Gasteiger partial charge on any atom is 0.183 e. The smallest absolute Gasteiger partial charge is 0.183 e. The number of aromatic nitrogens is 1. The highest BCUT2D eigenvalue weighted by Gasteiger charge is 2.17. The van der Waals surface area contributed by atoms with Gasteiger partial charge in [-0.05, 0) is 19.4 Å². The predicted molar refractivity (Wildman–Crippen MR) is 72.1 cm³/mol. The molecule has 2 atom stereocenters. The molecule has 3 nitrogen and oxygen atoms in total. The molecule has 1 aromatic heterocycles. The van der Waals surface area contributed by atoms with E-state index in [-0.39, 0.29) is 12.4 Å². The van der Waals surface area contributed by atoms with E-state index in [2.05, 4.69) is 10.3 Å². The van der Waals surface area contributed by atoms with Crippen molar-refractivity contribution in [1.29, 1.82) is 0 Å². The lowest BCUT2D eigenvalue weighted by Crippen LogP contribution is -2.27. The fourth-order valence-electron chi connectivity index (χ4n) is 1.69. The Morgan fingerprint density at radius 1 is 1.69 bits per heavy atom. The van der Waals surface area contributed by atoms with Crippen LogP contribution in [0.25, 0.3) is 0 Å². The third kappa shape index (κ3) is 4.30. The molecule has 1 aliphatic rings. The Labute approximate surface area is 113 Å². The lowest BCUT2D eigenvalue weighted by molar-refractivity contribution is 0.643. The van der Waals surface area contributed by atoms with Gasteiger partial charge in [0.2, 0.25) is 0 Å². The highest BCUT2D eigenvalue weighted by Crippen LogP contribution is 2.19. The minimum Gasteiger partial charge on any atom is -0.313 e. The maximum atomic E-state index is 11.8. The first-order chi connectivity index (χ1) is 7.24. The molecule has 92 valence electrons. The molecule has 1 saturated heterocycles. The topological polar surface area (TPSA) is 42.0 Å². The van der Waals surface area contributed by atoms with Crippen LogP contribution in [0.2, 0.25) is 4.47 Å². The van der Waals surface area contributed by atoms with Crippen LogP contribution in [0.5, 0.6) is 0 Å². The van der Waals surface area contributed by atoms with Gasteiger partial charge in [-0.15, -0.1) is 23.7 Å². The largest absolute Gasteiger partial charge is 0.313 e. The molecule has 2 heterocycles. The molecule has 0 amide bonds. The van der Waals surface area contributed by atoms with E-state index in [1.165, 1.54) is 17.8 Å². The van der Waals surface area contributed by atoms with Crippen molar-refractivity contribution >= 4 is 46.1 Å². The Balaban J connectivity index is 0.00000128. The summed E-state index contributed by atoms with van der Waals surface area (Å²) in [4.78, 5) is 4.95. The van der Waals surface area contributed by atoms with Crippen molar-refractivity contribution in [3.63, 3.8) is 0 Å². The third-order valence-electron chi connectivity index (χ3n) is 2.38. The van der Waals surface area contributed by atoms with Crippen molar-refractivity contribution in [3.05, 3.63) is 15.5 Å². The summed E-state index contributed by atoms with van der Waals surface area (Å²) in [6, 6.07) is 0.439. The number of nitrogens with one attached hydrogen (secondary N) is 1. The van der Waals surface area contributed by atoms with Gasteiger partial charge in [-0.2, -0.15) is 0 Å². The van der Waals surface area contributed by atoms with Crippen molar-refractivity contribution < 1.29 is 4.21 Å². The van der Waals surface area contributed by atoms with Crippen LogP contribution in [0.15, 0.2) is 6.20 Å². The summed E-state index contributed by atoms with van der Waals surface area (Å²) in [5.74, 6) is 1.33. The summed E-state index contributed by atoms with van der Waals surface area (Å²) in [5.41, 5.74) is 0. The molecule has 0 saturated carbocycles. The molecule has 1 aromatic rings. The molecule has 2 unspecified atom stereocenters. The van der Waals surface area contributed by atoms with Crippen LogP contribution in [0.3, 0.4) is 0 Å². The van der Waals surface area contributed by atoms with Gasteiger partial charge in [0.15, 0.2) is 4.47 Å². The average molecular weight is 301 g/mol. The summed E-state index contributed by atoms with van der Waals surface area (Å²) in [6.45, 7) is 1.06. The highest BCUT2D eigenvalue weighted by atomic mass is 35.5. The van der Waals surface area contributed by atoms with Gasteiger partial charge in [0, 0.05) is 33.7 Å². The summed E-state index contributed by atoms with van der Waals surface area (Å²) in [7, 11) is -0.798. The summed E-state index contributed by atoms with van der Waals surface area (Å²) < 4.78 is 12.3. The standard InChI is InChI=1S/C9H13ClN2OS2.ClH/c10-9-12-4-8(14-9)6-15(13)5-7-2-1-3-11-7;/h4,7,11H,1-3,5-6H2;1H. The molecule has 1 fully saturated rings. The van der Waals surface area contributed by atoms with Gasteiger partial charge in [0.05, 0.1) is 5.75 Å². The van der Waals surface area contributed by atoms with E-state index in [1.807, 2.05) is 0 Å². The van der Waals surface area contributed by atoms with Crippen LogP contribution >= 0.6 is 35.3 Å². The molecule has 0 bridgehead atoms. The Kier molecular flexibility index (Phi) is 6.21. The Hall–Kier alpha value is 0.320. The quantitative estimate of drug-likeness (QED) is 0.927. The molecule has 0 aromatic carbocycles. The first kappa shape index (κ1) is 14.4. The van der Waals surface area contributed by atoms with Crippen LogP contribution in [0.1, 0.15) is 17.7 Å². The molecule has 2 rings (SSSR count). The van der Waals surface area contributed by atoms with Crippen molar-refractivity contribution in [3.8, 4) is 0 Å². The zero-order valence-corrected chi connectivity index (χ0v) is 11.9. The molecule has 0 spiro atoms. The fourth-order valence-corrected chi connectivity index (χ4v) is 4.34. The number of thiazole rings is 1. The number of hydrogen-bond acceptors (Lipinski definition) is 4. The first-order valence-corrected chi connectivity index (χ1v) is 7.61. The van der Waals surface area contributed by atoms with Crippen molar-refractivity contribution in [2.75, 3.05) is 12.3 Å². The molecule has 0 aliphatic carbocycles. The van der Waals surface area contributed by atoms with Gasteiger partial charge in [-0.25, -0.2) is 4.98 Å². The van der Waals surface area contributed by atoms with E-state index in [4.69, 9.17) is 11.6 Å². The average Bonchev–Trinajstić information content (AvgIpc) is 2.77. The molecular weight excluding hydrogens is 287 g/mol. The van der Waals surface area contributed by atoms with E-state index in [0.29, 0.717) is 16.3 Å². The highest BCUT2D eigenvalue weighted by molar-refractivity contribution is 7.84. The van der Waals surface area contributed by atoms with E-state index in [9.17, 15) is 4.21 Å². The zero-order valence-electron chi connectivity index (χ0n) is 8.65. The second-order valence-electron chi connectivity index (χ2n) is 3.62. The Morgan fingerprint density at radius 3 is 3.06 bits per heavy atom. The molecule has 1 aliphatic heterocycles. The van der Waals surface area contributed by atoms with Crippen LogP contribution < -0.4 is 5.32 Å². The van der Waals surface area contributed by atoms with Gasteiger partial charge in [0.25, 0.3) is 0 Å². The van der Waals surface area contributed by atoms with Crippen LogP contribution in [0.4, 0.5) is 0 Å². The summed E-state index contributed by atoms with van der Waals surface area (Å²) in [5, 5.41) is 3.35. The van der Waals surface area contributed by atoms with Gasteiger partial charge < -0.3 is 5.32 Å². The van der Waals surface area contributed by atoms with E-state index in [0.717, 1.165) is 23.6 Å². The lowest BCUT2D eigenvalue weighted by atomic mass is 10.3. The predicted octanol–water partition coefficient (Wildman–Crippen LogP) is 2.22. The van der Waals surface area contributed by atoms with Crippen molar-refractivity contribution in [1.82, 2.24) is 10.3 Å². The maximum absolute atomic E-state index is 11.8. The normalized spacial score (nSPS) is 21.7. The molecular formula is C9H14Cl2N2OS2. The molecule has 0 radical (unpaired) electrons.